The molecule has 1 aromatic carbocycles. The molecule has 3 rings (SSSR count). The maximum atomic E-state index is 13.0. The lowest BCUT2D eigenvalue weighted by Crippen LogP contribution is -2.14. The van der Waals surface area contributed by atoms with Gasteiger partial charge in [-0.3, -0.25) is 9.20 Å². The van der Waals surface area contributed by atoms with E-state index in [4.69, 9.17) is 11.6 Å². The van der Waals surface area contributed by atoms with Crippen molar-refractivity contribution in [2.75, 3.05) is 11.1 Å². The number of alkyl halides is 5. The fraction of sp³-hybridized carbons (Fsp3) is 0.188. The third-order valence-corrected chi connectivity index (χ3v) is 5.40. The second-order valence-corrected chi connectivity index (χ2v) is 7.90. The molecule has 5 nitrogen and oxygen atoms in total. The molecule has 13 heteroatoms. The van der Waals surface area contributed by atoms with E-state index < -0.39 is 23.4 Å². The molecule has 0 spiro atoms. The fourth-order valence-corrected chi connectivity index (χ4v) is 3.69. The van der Waals surface area contributed by atoms with Gasteiger partial charge >= 0.3 is 6.18 Å². The normalized spacial score (nSPS) is 12.0. The third kappa shape index (κ3) is 5.52. The van der Waals surface area contributed by atoms with Crippen molar-refractivity contribution < 1.29 is 26.7 Å². The van der Waals surface area contributed by atoms with Crippen molar-refractivity contribution in [3.63, 3.8) is 0 Å². The molecule has 1 N–H and O–H groups in total. The van der Waals surface area contributed by atoms with Crippen molar-refractivity contribution in [1.82, 2.24) is 14.6 Å². The summed E-state index contributed by atoms with van der Waals surface area (Å²) in [5, 5.41) is 9.91. The molecule has 3 aromatic rings. The van der Waals surface area contributed by atoms with E-state index in [9.17, 15) is 26.7 Å². The number of rotatable bonds is 6. The number of hydrogen-bond donors (Lipinski definition) is 1. The van der Waals surface area contributed by atoms with Gasteiger partial charge in [0.1, 0.15) is 0 Å². The van der Waals surface area contributed by atoms with Gasteiger partial charge in [-0.1, -0.05) is 35.1 Å². The lowest BCUT2D eigenvalue weighted by atomic mass is 10.3. The minimum atomic E-state index is -4.60. The highest BCUT2D eigenvalue weighted by Crippen LogP contribution is 2.33. The van der Waals surface area contributed by atoms with Crippen LogP contribution in [0.5, 0.6) is 0 Å². The van der Waals surface area contributed by atoms with Crippen LogP contribution in [-0.4, -0.2) is 32.0 Å². The summed E-state index contributed by atoms with van der Waals surface area (Å²) >= 11 is 7.09. The average Bonchev–Trinajstić information content (AvgIpc) is 3.04. The Morgan fingerprint density at radius 3 is 2.52 bits per heavy atom. The Morgan fingerprint density at radius 2 is 1.90 bits per heavy atom. The highest BCUT2D eigenvalue weighted by molar-refractivity contribution is 8.00. The van der Waals surface area contributed by atoms with Crippen molar-refractivity contribution in [2.45, 2.75) is 22.0 Å². The second kappa shape index (κ2) is 8.76. The van der Waals surface area contributed by atoms with Gasteiger partial charge in [0.05, 0.1) is 16.3 Å². The van der Waals surface area contributed by atoms with Crippen molar-refractivity contribution in [3.8, 4) is 0 Å². The first-order valence-electron chi connectivity index (χ1n) is 7.72. The second-order valence-electron chi connectivity index (χ2n) is 5.49. The number of thioether (sulfide) groups is 2. The van der Waals surface area contributed by atoms with Crippen LogP contribution >= 0.6 is 35.1 Å². The molecule has 0 bridgehead atoms. The monoisotopic (exact) mass is 468 g/mol. The predicted octanol–water partition coefficient (Wildman–Crippen LogP) is 5.45. The molecule has 0 radical (unpaired) electrons. The number of nitrogens with one attached hydrogen (secondary N) is 1. The Morgan fingerprint density at radius 1 is 1.21 bits per heavy atom. The van der Waals surface area contributed by atoms with Crippen LogP contribution in [0.25, 0.3) is 5.65 Å². The van der Waals surface area contributed by atoms with Gasteiger partial charge < -0.3 is 5.32 Å². The molecule has 0 atom stereocenters. The molecule has 0 aliphatic carbocycles. The number of benzene rings is 1. The zero-order valence-electron chi connectivity index (χ0n) is 14.1. The van der Waals surface area contributed by atoms with Gasteiger partial charge in [-0.05, 0) is 30.3 Å². The zero-order chi connectivity index (χ0) is 21.2. The van der Waals surface area contributed by atoms with E-state index in [-0.39, 0.29) is 21.6 Å². The van der Waals surface area contributed by atoms with Crippen LogP contribution in [0, 0.1) is 0 Å². The molecule has 0 aliphatic rings. The van der Waals surface area contributed by atoms with Crippen molar-refractivity contribution >= 4 is 52.4 Å². The van der Waals surface area contributed by atoms with Gasteiger partial charge in [0.2, 0.25) is 5.91 Å². The zero-order valence-corrected chi connectivity index (χ0v) is 16.5. The smallest absolute Gasteiger partial charge is 0.325 e. The summed E-state index contributed by atoms with van der Waals surface area (Å²) in [7, 11) is 0. The van der Waals surface area contributed by atoms with Crippen LogP contribution in [0.2, 0.25) is 5.02 Å². The van der Waals surface area contributed by atoms with E-state index in [0.717, 1.165) is 28.4 Å². The number of nitrogens with zero attached hydrogens (tertiary/aromatic N) is 3. The maximum Gasteiger partial charge on any atom is 0.417 e. The van der Waals surface area contributed by atoms with E-state index in [1.165, 1.54) is 24.3 Å². The van der Waals surface area contributed by atoms with Crippen LogP contribution < -0.4 is 5.32 Å². The maximum absolute atomic E-state index is 13.0. The van der Waals surface area contributed by atoms with Crippen molar-refractivity contribution in [3.05, 3.63) is 47.1 Å². The summed E-state index contributed by atoms with van der Waals surface area (Å²) in [6.07, 6.45) is -3.79. The van der Waals surface area contributed by atoms with E-state index >= 15 is 0 Å². The number of pyridine rings is 1. The average molecular weight is 469 g/mol. The van der Waals surface area contributed by atoms with Gasteiger partial charge in [-0.25, -0.2) is 0 Å². The van der Waals surface area contributed by atoms with E-state index in [1.807, 2.05) is 0 Å². The Kier molecular flexibility index (Phi) is 6.54. The van der Waals surface area contributed by atoms with Crippen molar-refractivity contribution in [1.29, 1.82) is 0 Å². The van der Waals surface area contributed by atoms with Gasteiger partial charge in [-0.15, -0.1) is 10.2 Å². The largest absolute Gasteiger partial charge is 0.417 e. The van der Waals surface area contributed by atoms with Crippen LogP contribution in [0.3, 0.4) is 0 Å². The van der Waals surface area contributed by atoms with Gasteiger partial charge in [0, 0.05) is 16.8 Å². The number of hydrogen-bond acceptors (Lipinski definition) is 5. The van der Waals surface area contributed by atoms with Gasteiger partial charge in [-0.2, -0.15) is 22.0 Å². The van der Waals surface area contributed by atoms with Crippen LogP contribution in [0.15, 0.2) is 46.6 Å². The summed E-state index contributed by atoms with van der Waals surface area (Å²) < 4.78 is 64.6. The molecule has 0 saturated carbocycles. The highest BCUT2D eigenvalue weighted by atomic mass is 35.5. The third-order valence-electron chi connectivity index (χ3n) is 3.45. The van der Waals surface area contributed by atoms with Crippen LogP contribution in [0.1, 0.15) is 5.56 Å². The molecule has 2 aromatic heterocycles. The van der Waals surface area contributed by atoms with Gasteiger partial charge in [0.15, 0.2) is 10.8 Å². The first kappa shape index (κ1) is 21.7. The number of anilines is 1. The summed E-state index contributed by atoms with van der Waals surface area (Å²) in [4.78, 5) is 12.4. The number of carbonyl (C=O) groups excluding carboxylic acids is 1. The number of halogens is 6. The molecular weight excluding hydrogens is 459 g/mol. The molecule has 0 fully saturated rings. The summed E-state index contributed by atoms with van der Waals surface area (Å²) in [5.41, 5.74) is -0.541. The van der Waals surface area contributed by atoms with E-state index in [0.29, 0.717) is 22.3 Å². The van der Waals surface area contributed by atoms with Crippen molar-refractivity contribution in [2.24, 2.45) is 0 Å². The minimum Gasteiger partial charge on any atom is -0.325 e. The lowest BCUT2D eigenvalue weighted by molar-refractivity contribution is -0.137. The molecule has 154 valence electrons. The Hall–Kier alpha value is -2.05. The minimum absolute atomic E-state index is 0.0368. The number of carbonyl (C=O) groups is 1. The Bertz CT molecular complexity index is 1030. The number of aromatic nitrogens is 3. The molecule has 0 saturated heterocycles. The first-order chi connectivity index (χ1) is 13.6. The fourth-order valence-electron chi connectivity index (χ4n) is 2.23. The lowest BCUT2D eigenvalue weighted by Gasteiger charge is -2.09. The van der Waals surface area contributed by atoms with Crippen LogP contribution in [-0.2, 0) is 11.0 Å². The van der Waals surface area contributed by atoms with Gasteiger partial charge in [0.25, 0.3) is 5.76 Å². The Balaban J connectivity index is 1.67. The first-order valence-corrected chi connectivity index (χ1v) is 9.97. The standard InChI is InChI=1S/C16H10ClF5N4OS2/c17-11-5-8(16(20,21)22)6-26-13(11)24-25-15(26)28-7-12(27)23-9-1-3-10(4-2-9)29-14(18)19/h1-6,14H,7H2,(H,23,27). The molecule has 2 heterocycles. The summed E-state index contributed by atoms with van der Waals surface area (Å²) in [5.74, 6) is -3.17. The quantitative estimate of drug-likeness (QED) is 0.385. The number of fused-ring (bicyclic) bond motifs is 1. The Labute approximate surface area is 174 Å². The van der Waals surface area contributed by atoms with E-state index in [1.54, 1.807) is 0 Å². The predicted molar refractivity (Wildman–Crippen MR) is 101 cm³/mol. The molecule has 29 heavy (non-hydrogen) atoms. The highest BCUT2D eigenvalue weighted by Gasteiger charge is 2.32. The summed E-state index contributed by atoms with van der Waals surface area (Å²) in [6.45, 7) is 0. The molecule has 0 aliphatic heterocycles. The van der Waals surface area contributed by atoms with E-state index in [2.05, 4.69) is 15.5 Å². The summed E-state index contributed by atoms with van der Waals surface area (Å²) in [6, 6.07) is 6.56. The molecular formula is C16H10ClF5N4OS2. The topological polar surface area (TPSA) is 59.3 Å². The SMILES string of the molecule is O=C(CSc1nnc2c(Cl)cc(C(F)(F)F)cn12)Nc1ccc(SC(F)F)cc1. The van der Waals surface area contributed by atoms with Crippen LogP contribution in [0.4, 0.5) is 27.6 Å². The molecule has 1 amide bonds. The molecule has 0 unspecified atom stereocenters. The number of amides is 1.